The van der Waals surface area contributed by atoms with Gasteiger partial charge < -0.3 is 5.32 Å². The summed E-state index contributed by atoms with van der Waals surface area (Å²) in [6.45, 7) is 7.88. The average molecular weight is 345 g/mol. The van der Waals surface area contributed by atoms with Crippen LogP contribution in [0.1, 0.15) is 46.1 Å². The van der Waals surface area contributed by atoms with E-state index < -0.39 is 0 Å². The highest BCUT2D eigenvalue weighted by molar-refractivity contribution is 5.93. The minimum Gasteiger partial charge on any atom is -0.310 e. The summed E-state index contributed by atoms with van der Waals surface area (Å²) in [6, 6.07) is 2.22. The predicted octanol–water partition coefficient (Wildman–Crippen LogP) is 1.94. The van der Waals surface area contributed by atoms with Crippen LogP contribution in [0.3, 0.4) is 0 Å². The predicted molar refractivity (Wildman–Crippen MR) is 95.1 cm³/mol. The van der Waals surface area contributed by atoms with Crippen LogP contribution in [0, 0.1) is 0 Å². The number of rotatable bonds is 7. The zero-order valence-electron chi connectivity index (χ0n) is 15.2. The van der Waals surface area contributed by atoms with E-state index in [-0.39, 0.29) is 18.0 Å². The number of carbonyl (C=O) groups excluding carboxylic acids is 1. The maximum atomic E-state index is 12.8. The summed E-state index contributed by atoms with van der Waals surface area (Å²) >= 11 is 0. The minimum absolute atomic E-state index is 0.00976. The molecule has 1 aliphatic rings. The summed E-state index contributed by atoms with van der Waals surface area (Å²) in [7, 11) is 0. The van der Waals surface area contributed by atoms with Crippen molar-refractivity contribution in [2.45, 2.75) is 64.7 Å². The number of carbonyl (C=O) groups is 1. The molecule has 136 valence electrons. The third-order valence-corrected chi connectivity index (χ3v) is 5.09. The molecule has 3 heterocycles. The van der Waals surface area contributed by atoms with Crippen LogP contribution in [-0.4, -0.2) is 54.0 Å². The number of nitrogens with one attached hydrogen (secondary N) is 1. The number of hydrogen-bond donors (Lipinski definition) is 1. The Morgan fingerprint density at radius 3 is 2.96 bits per heavy atom. The summed E-state index contributed by atoms with van der Waals surface area (Å²) in [6.07, 6.45) is 8.14. The van der Waals surface area contributed by atoms with E-state index in [9.17, 15) is 4.79 Å². The summed E-state index contributed by atoms with van der Waals surface area (Å²) in [5, 5.41) is 11.6. The van der Waals surface area contributed by atoms with Gasteiger partial charge in [0.05, 0.1) is 24.8 Å². The largest absolute Gasteiger partial charge is 0.310 e. The number of aromatic nitrogens is 5. The van der Waals surface area contributed by atoms with Crippen molar-refractivity contribution in [2.75, 3.05) is 11.9 Å². The van der Waals surface area contributed by atoms with Gasteiger partial charge in [-0.25, -0.2) is 9.67 Å². The Hall–Kier alpha value is -2.22. The second-order valence-corrected chi connectivity index (χ2v) is 6.73. The van der Waals surface area contributed by atoms with E-state index in [0.29, 0.717) is 6.04 Å². The van der Waals surface area contributed by atoms with Crippen molar-refractivity contribution in [3.63, 3.8) is 0 Å². The lowest BCUT2D eigenvalue weighted by Crippen LogP contribution is -2.46. The average Bonchev–Trinajstić information content (AvgIpc) is 3.35. The van der Waals surface area contributed by atoms with Gasteiger partial charge in [-0.05, 0) is 39.7 Å². The Kier molecular flexibility index (Phi) is 5.47. The lowest BCUT2D eigenvalue weighted by molar-refractivity contribution is -0.121. The van der Waals surface area contributed by atoms with Crippen molar-refractivity contribution in [1.82, 2.24) is 29.4 Å². The lowest BCUT2D eigenvalue weighted by Gasteiger charge is -2.29. The first-order valence-corrected chi connectivity index (χ1v) is 9.02. The Balaban J connectivity index is 1.64. The monoisotopic (exact) mass is 345 g/mol. The van der Waals surface area contributed by atoms with Crippen molar-refractivity contribution in [2.24, 2.45) is 0 Å². The zero-order chi connectivity index (χ0) is 17.8. The molecule has 1 aliphatic heterocycles. The number of likely N-dealkylation sites (tertiary alicyclic amines) is 1. The molecule has 1 N–H and O–H groups in total. The van der Waals surface area contributed by atoms with Crippen molar-refractivity contribution >= 4 is 11.7 Å². The molecule has 0 spiro atoms. The van der Waals surface area contributed by atoms with E-state index in [0.717, 1.165) is 38.2 Å². The van der Waals surface area contributed by atoms with Crippen LogP contribution in [0.25, 0.3) is 0 Å². The summed E-state index contributed by atoms with van der Waals surface area (Å²) in [5.41, 5.74) is 0. The van der Waals surface area contributed by atoms with Crippen LogP contribution < -0.4 is 5.32 Å². The third-order valence-electron chi connectivity index (χ3n) is 5.09. The fraction of sp³-hybridized carbons (Fsp3) is 0.647. The zero-order valence-corrected chi connectivity index (χ0v) is 15.2. The molecule has 0 saturated carbocycles. The van der Waals surface area contributed by atoms with Gasteiger partial charge >= 0.3 is 0 Å². The van der Waals surface area contributed by atoms with Gasteiger partial charge in [0, 0.05) is 12.1 Å². The number of nitrogens with zero attached hydrogens (tertiary/aromatic N) is 6. The second-order valence-electron chi connectivity index (χ2n) is 6.73. The molecule has 0 unspecified atom stereocenters. The Morgan fingerprint density at radius 2 is 2.24 bits per heavy atom. The molecule has 8 nitrogen and oxygen atoms in total. The molecule has 1 fully saturated rings. The highest BCUT2D eigenvalue weighted by Crippen LogP contribution is 2.23. The van der Waals surface area contributed by atoms with Gasteiger partial charge in [0.1, 0.15) is 18.5 Å². The molecular weight excluding hydrogens is 318 g/mol. The summed E-state index contributed by atoms with van der Waals surface area (Å²) < 4.78 is 3.72. The molecule has 3 rings (SSSR count). The fourth-order valence-electron chi connectivity index (χ4n) is 3.43. The number of anilines is 1. The smallest absolute Gasteiger partial charge is 0.242 e. The molecule has 2 aromatic heterocycles. The Bertz CT molecular complexity index is 681. The third kappa shape index (κ3) is 3.89. The van der Waals surface area contributed by atoms with Crippen LogP contribution >= 0.6 is 0 Å². The van der Waals surface area contributed by atoms with E-state index in [4.69, 9.17) is 0 Å². The van der Waals surface area contributed by atoms with Crippen LogP contribution in [0.2, 0.25) is 0 Å². The van der Waals surface area contributed by atoms with Crippen LogP contribution in [-0.2, 0) is 11.3 Å². The van der Waals surface area contributed by atoms with Gasteiger partial charge in [-0.3, -0.25) is 14.4 Å². The van der Waals surface area contributed by atoms with Crippen molar-refractivity contribution in [3.8, 4) is 0 Å². The van der Waals surface area contributed by atoms with Gasteiger partial charge in [0.2, 0.25) is 5.91 Å². The van der Waals surface area contributed by atoms with Crippen LogP contribution in [0.15, 0.2) is 24.9 Å². The Morgan fingerprint density at radius 1 is 1.40 bits per heavy atom. The molecule has 25 heavy (non-hydrogen) atoms. The minimum atomic E-state index is -0.198. The molecule has 3 atom stereocenters. The molecule has 1 amide bonds. The van der Waals surface area contributed by atoms with Crippen molar-refractivity contribution < 1.29 is 4.79 Å². The van der Waals surface area contributed by atoms with Crippen LogP contribution in [0.5, 0.6) is 0 Å². The highest BCUT2D eigenvalue weighted by atomic mass is 16.2. The van der Waals surface area contributed by atoms with E-state index in [1.807, 2.05) is 22.4 Å². The first kappa shape index (κ1) is 17.6. The van der Waals surface area contributed by atoms with Crippen molar-refractivity contribution in [1.29, 1.82) is 0 Å². The normalized spacial score (nSPS) is 20.5. The maximum Gasteiger partial charge on any atom is 0.242 e. The van der Waals surface area contributed by atoms with E-state index in [1.165, 1.54) is 0 Å². The first-order valence-electron chi connectivity index (χ1n) is 9.02. The topological polar surface area (TPSA) is 80.9 Å². The molecule has 0 radical (unpaired) electrons. The van der Waals surface area contributed by atoms with Gasteiger partial charge in [0.15, 0.2) is 0 Å². The molecular formula is C17H27N7O. The maximum absolute atomic E-state index is 12.8. The van der Waals surface area contributed by atoms with Gasteiger partial charge in [-0.1, -0.05) is 6.92 Å². The molecule has 2 aromatic rings. The molecule has 0 aliphatic carbocycles. The lowest BCUT2D eigenvalue weighted by atomic mass is 10.2. The van der Waals surface area contributed by atoms with E-state index >= 15 is 0 Å². The number of amides is 1. The van der Waals surface area contributed by atoms with Gasteiger partial charge in [-0.2, -0.15) is 10.2 Å². The first-order chi connectivity index (χ1) is 12.1. The van der Waals surface area contributed by atoms with Gasteiger partial charge in [0.25, 0.3) is 0 Å². The summed E-state index contributed by atoms with van der Waals surface area (Å²) in [5.74, 6) is 0.772. The molecule has 0 aromatic carbocycles. The SMILES string of the molecule is CC[C@H](C)n1nccc1NC(=O)[C@H](C)N1CCC[C@H]1Cn1cncn1. The van der Waals surface area contributed by atoms with E-state index in [1.54, 1.807) is 18.9 Å². The molecule has 0 bridgehead atoms. The molecule has 8 heteroatoms. The Labute approximate surface area is 148 Å². The second kappa shape index (κ2) is 7.77. The van der Waals surface area contributed by atoms with E-state index in [2.05, 4.69) is 39.2 Å². The standard InChI is InChI=1S/C17H27N7O/c1-4-13(2)24-16(7-8-19-24)21-17(25)14(3)23-9-5-6-15(23)10-22-12-18-11-20-22/h7-8,11-15H,4-6,9-10H2,1-3H3,(H,21,25)/t13-,14-,15-/m0/s1. The highest BCUT2D eigenvalue weighted by Gasteiger charge is 2.32. The van der Waals surface area contributed by atoms with Crippen LogP contribution in [0.4, 0.5) is 5.82 Å². The number of hydrogen-bond acceptors (Lipinski definition) is 5. The van der Waals surface area contributed by atoms with Gasteiger partial charge in [-0.15, -0.1) is 0 Å². The van der Waals surface area contributed by atoms with Crippen molar-refractivity contribution in [3.05, 3.63) is 24.9 Å². The fourth-order valence-corrected chi connectivity index (χ4v) is 3.43. The summed E-state index contributed by atoms with van der Waals surface area (Å²) in [4.78, 5) is 19.0. The quantitative estimate of drug-likeness (QED) is 0.829. The molecule has 1 saturated heterocycles.